The predicted molar refractivity (Wildman–Crippen MR) is 96.0 cm³/mol. The number of amides is 1. The van der Waals surface area contributed by atoms with Crippen molar-refractivity contribution in [2.24, 2.45) is 0 Å². The first-order chi connectivity index (χ1) is 12.3. The molecule has 0 radical (unpaired) electrons. The summed E-state index contributed by atoms with van der Waals surface area (Å²) in [7, 11) is 1.45. The third-order valence-electron chi connectivity index (χ3n) is 3.99. The second-order valence-electron chi connectivity index (χ2n) is 5.89. The minimum absolute atomic E-state index is 0.0687. The molecule has 2 aromatic rings. The normalized spacial score (nSPS) is 12.9. The van der Waals surface area contributed by atoms with E-state index in [4.69, 9.17) is 16.3 Å². The van der Waals surface area contributed by atoms with E-state index in [1.165, 1.54) is 31.4 Å². The van der Waals surface area contributed by atoms with Gasteiger partial charge in [0.2, 0.25) is 5.91 Å². The number of hydrogen-bond acceptors (Lipinski definition) is 3. The van der Waals surface area contributed by atoms with Crippen LogP contribution in [-0.4, -0.2) is 24.1 Å². The molecule has 0 heterocycles. The standard InChI is InChI=1S/C19H19ClFNO4/c1-11(12-3-6-14(21)7-4-12)9-17(23)22-18(19(24)25)13-5-8-16(26-2)15(20)10-13/h3-8,10-11,18H,9H2,1-2H3,(H,22,23)(H,24,25). The molecule has 2 aromatic carbocycles. The van der Waals surface area contributed by atoms with Crippen LogP contribution in [0.3, 0.4) is 0 Å². The molecule has 0 saturated carbocycles. The zero-order chi connectivity index (χ0) is 19.3. The monoisotopic (exact) mass is 379 g/mol. The van der Waals surface area contributed by atoms with Gasteiger partial charge in [0, 0.05) is 6.42 Å². The number of methoxy groups -OCH3 is 1. The lowest BCUT2D eigenvalue weighted by atomic mass is 9.97. The molecular weight excluding hydrogens is 361 g/mol. The van der Waals surface area contributed by atoms with Crippen molar-refractivity contribution in [2.45, 2.75) is 25.3 Å². The number of rotatable bonds is 7. The maximum atomic E-state index is 13.0. The van der Waals surface area contributed by atoms with Gasteiger partial charge < -0.3 is 15.2 Å². The summed E-state index contributed by atoms with van der Waals surface area (Å²) in [6.07, 6.45) is 0.0687. The molecule has 2 unspecified atom stereocenters. The van der Waals surface area contributed by atoms with Gasteiger partial charge in [0.1, 0.15) is 11.6 Å². The van der Waals surface area contributed by atoms with Crippen LogP contribution in [0.25, 0.3) is 0 Å². The van der Waals surface area contributed by atoms with Gasteiger partial charge in [0.15, 0.2) is 6.04 Å². The largest absolute Gasteiger partial charge is 0.495 e. The van der Waals surface area contributed by atoms with E-state index in [-0.39, 0.29) is 23.2 Å². The lowest BCUT2D eigenvalue weighted by Gasteiger charge is -2.18. The number of carbonyl (C=O) groups excluding carboxylic acids is 1. The van der Waals surface area contributed by atoms with Gasteiger partial charge in [-0.3, -0.25) is 4.79 Å². The number of carbonyl (C=O) groups is 2. The number of aliphatic carboxylic acids is 1. The van der Waals surface area contributed by atoms with E-state index >= 15 is 0 Å². The highest BCUT2D eigenvalue weighted by molar-refractivity contribution is 6.32. The molecule has 7 heteroatoms. The molecule has 0 aliphatic rings. The average Bonchev–Trinajstić information content (AvgIpc) is 2.59. The van der Waals surface area contributed by atoms with Crippen LogP contribution in [0.2, 0.25) is 5.02 Å². The summed E-state index contributed by atoms with van der Waals surface area (Å²) in [5.74, 6) is -1.76. The number of halogens is 2. The molecule has 0 aliphatic heterocycles. The number of carboxylic acids is 1. The van der Waals surface area contributed by atoms with Crippen LogP contribution in [0, 0.1) is 5.82 Å². The molecule has 0 bridgehead atoms. The van der Waals surface area contributed by atoms with Crippen LogP contribution in [0.5, 0.6) is 5.75 Å². The Balaban J connectivity index is 2.09. The van der Waals surface area contributed by atoms with Gasteiger partial charge in [0.05, 0.1) is 12.1 Å². The fraction of sp³-hybridized carbons (Fsp3) is 0.263. The molecule has 5 nitrogen and oxygen atoms in total. The summed E-state index contributed by atoms with van der Waals surface area (Å²) < 4.78 is 18.0. The zero-order valence-corrected chi connectivity index (χ0v) is 15.1. The van der Waals surface area contributed by atoms with Gasteiger partial charge in [-0.1, -0.05) is 36.7 Å². The fourth-order valence-corrected chi connectivity index (χ4v) is 2.82. The zero-order valence-electron chi connectivity index (χ0n) is 14.3. The van der Waals surface area contributed by atoms with Crippen molar-refractivity contribution in [3.63, 3.8) is 0 Å². The van der Waals surface area contributed by atoms with Crippen LogP contribution in [0.15, 0.2) is 42.5 Å². The molecule has 0 spiro atoms. The van der Waals surface area contributed by atoms with E-state index in [1.807, 2.05) is 6.92 Å². The smallest absolute Gasteiger partial charge is 0.330 e. The molecule has 138 valence electrons. The third-order valence-corrected chi connectivity index (χ3v) is 4.29. The van der Waals surface area contributed by atoms with Gasteiger partial charge in [-0.15, -0.1) is 0 Å². The Morgan fingerprint density at radius 1 is 1.19 bits per heavy atom. The second-order valence-corrected chi connectivity index (χ2v) is 6.30. The van der Waals surface area contributed by atoms with E-state index in [9.17, 15) is 19.1 Å². The van der Waals surface area contributed by atoms with Crippen molar-refractivity contribution in [1.29, 1.82) is 0 Å². The van der Waals surface area contributed by atoms with Gasteiger partial charge in [-0.25, -0.2) is 9.18 Å². The molecule has 26 heavy (non-hydrogen) atoms. The maximum absolute atomic E-state index is 13.0. The molecule has 0 saturated heterocycles. The molecule has 1 amide bonds. The first-order valence-electron chi connectivity index (χ1n) is 7.93. The van der Waals surface area contributed by atoms with Crippen molar-refractivity contribution < 1.29 is 23.8 Å². The summed E-state index contributed by atoms with van der Waals surface area (Å²) >= 11 is 6.03. The number of ether oxygens (including phenoxy) is 1. The first kappa shape index (κ1) is 19.7. The fourth-order valence-electron chi connectivity index (χ4n) is 2.56. The molecular formula is C19H19ClFNO4. The minimum atomic E-state index is -1.23. The van der Waals surface area contributed by atoms with Crippen molar-refractivity contribution in [3.8, 4) is 5.75 Å². The third kappa shape index (κ3) is 4.95. The van der Waals surface area contributed by atoms with E-state index < -0.39 is 17.9 Å². The maximum Gasteiger partial charge on any atom is 0.330 e. The van der Waals surface area contributed by atoms with Crippen molar-refractivity contribution >= 4 is 23.5 Å². The van der Waals surface area contributed by atoms with Gasteiger partial charge in [-0.2, -0.15) is 0 Å². The highest BCUT2D eigenvalue weighted by Gasteiger charge is 2.24. The topological polar surface area (TPSA) is 75.6 Å². The SMILES string of the molecule is COc1ccc(C(NC(=O)CC(C)c2ccc(F)cc2)C(=O)O)cc1Cl. The lowest BCUT2D eigenvalue weighted by Crippen LogP contribution is -2.34. The summed E-state index contributed by atoms with van der Waals surface area (Å²) in [5, 5.41) is 12.2. The lowest BCUT2D eigenvalue weighted by molar-refractivity contribution is -0.142. The van der Waals surface area contributed by atoms with Crippen molar-refractivity contribution in [2.75, 3.05) is 7.11 Å². The summed E-state index contributed by atoms with van der Waals surface area (Å²) in [6, 6.07) is 9.14. The highest BCUT2D eigenvalue weighted by atomic mass is 35.5. The Bertz CT molecular complexity index is 795. The highest BCUT2D eigenvalue weighted by Crippen LogP contribution is 2.28. The Morgan fingerprint density at radius 2 is 1.81 bits per heavy atom. The van der Waals surface area contributed by atoms with Crippen LogP contribution < -0.4 is 10.1 Å². The Morgan fingerprint density at radius 3 is 2.35 bits per heavy atom. The molecule has 0 aromatic heterocycles. The predicted octanol–water partition coefficient (Wildman–Crippen LogP) is 3.92. The van der Waals surface area contributed by atoms with E-state index in [2.05, 4.69) is 5.32 Å². The number of nitrogens with one attached hydrogen (secondary N) is 1. The van der Waals surface area contributed by atoms with Gasteiger partial charge in [-0.05, 0) is 41.3 Å². The van der Waals surface area contributed by atoms with E-state index in [1.54, 1.807) is 18.2 Å². The van der Waals surface area contributed by atoms with Crippen LogP contribution in [-0.2, 0) is 9.59 Å². The number of hydrogen-bond donors (Lipinski definition) is 2. The summed E-state index contributed by atoms with van der Waals surface area (Å²) in [6.45, 7) is 1.81. The average molecular weight is 380 g/mol. The van der Waals surface area contributed by atoms with Crippen LogP contribution in [0.1, 0.15) is 36.4 Å². The molecule has 2 rings (SSSR count). The van der Waals surface area contributed by atoms with Crippen molar-refractivity contribution in [1.82, 2.24) is 5.32 Å². The second kappa shape index (κ2) is 8.67. The minimum Gasteiger partial charge on any atom is -0.495 e. The number of carboxylic acid groups (broad SMARTS) is 1. The van der Waals surface area contributed by atoms with Crippen LogP contribution in [0.4, 0.5) is 4.39 Å². The molecule has 2 atom stereocenters. The quantitative estimate of drug-likeness (QED) is 0.764. The Labute approximate surface area is 155 Å². The first-order valence-corrected chi connectivity index (χ1v) is 8.30. The summed E-state index contributed by atoms with van der Waals surface area (Å²) in [4.78, 5) is 23.8. The van der Waals surface area contributed by atoms with E-state index in [0.717, 1.165) is 5.56 Å². The Hall–Kier alpha value is -2.60. The molecule has 0 fully saturated rings. The van der Waals surface area contributed by atoms with E-state index in [0.29, 0.717) is 11.3 Å². The molecule has 0 aliphatic carbocycles. The summed E-state index contributed by atoms with van der Waals surface area (Å²) in [5.41, 5.74) is 1.13. The Kier molecular flexibility index (Phi) is 6.58. The number of benzene rings is 2. The molecule has 2 N–H and O–H groups in total. The van der Waals surface area contributed by atoms with Gasteiger partial charge in [0.25, 0.3) is 0 Å². The van der Waals surface area contributed by atoms with Gasteiger partial charge >= 0.3 is 5.97 Å². The van der Waals surface area contributed by atoms with Crippen molar-refractivity contribution in [3.05, 3.63) is 64.4 Å². The van der Waals surface area contributed by atoms with Crippen LogP contribution >= 0.6 is 11.6 Å².